The van der Waals surface area contributed by atoms with Crippen molar-refractivity contribution < 1.29 is 9.59 Å². The molecule has 0 aliphatic heterocycles. The van der Waals surface area contributed by atoms with Gasteiger partial charge in [-0.1, -0.05) is 43.1 Å². The monoisotopic (exact) mass is 310 g/mol. The Balaban J connectivity index is 2.49. The van der Waals surface area contributed by atoms with Gasteiger partial charge >= 0.3 is 0 Å². The van der Waals surface area contributed by atoms with Crippen LogP contribution in [0.3, 0.4) is 0 Å². The van der Waals surface area contributed by atoms with Gasteiger partial charge in [0.2, 0.25) is 11.8 Å². The maximum absolute atomic E-state index is 11.7. The normalized spacial score (nSPS) is 10.2. The summed E-state index contributed by atoms with van der Waals surface area (Å²) in [7, 11) is 0. The molecule has 21 heavy (non-hydrogen) atoms. The van der Waals surface area contributed by atoms with E-state index in [0.717, 1.165) is 18.4 Å². The van der Waals surface area contributed by atoms with Crippen LogP contribution in [0.4, 0.5) is 0 Å². The summed E-state index contributed by atoms with van der Waals surface area (Å²) < 4.78 is 0. The molecule has 1 aromatic carbocycles. The van der Waals surface area contributed by atoms with E-state index in [1.54, 1.807) is 11.0 Å². The summed E-state index contributed by atoms with van der Waals surface area (Å²) in [5.41, 5.74) is 0.890. The van der Waals surface area contributed by atoms with Crippen LogP contribution < -0.4 is 5.32 Å². The summed E-state index contributed by atoms with van der Waals surface area (Å²) in [4.78, 5) is 25.0. The van der Waals surface area contributed by atoms with Crippen LogP contribution in [0.25, 0.3) is 0 Å². The number of nitrogens with zero attached hydrogens (tertiary/aromatic N) is 1. The van der Waals surface area contributed by atoms with Gasteiger partial charge in [-0.05, 0) is 18.1 Å². The van der Waals surface area contributed by atoms with E-state index in [4.69, 9.17) is 11.6 Å². The minimum absolute atomic E-state index is 0.0196. The van der Waals surface area contributed by atoms with Crippen LogP contribution in [-0.4, -0.2) is 29.8 Å². The third-order valence-corrected chi connectivity index (χ3v) is 3.59. The van der Waals surface area contributed by atoms with Crippen LogP contribution in [0.5, 0.6) is 0 Å². The summed E-state index contributed by atoms with van der Waals surface area (Å²) in [6.07, 6.45) is 2.34. The molecular weight excluding hydrogens is 288 g/mol. The quantitative estimate of drug-likeness (QED) is 0.750. The number of hydrogen-bond donors (Lipinski definition) is 1. The van der Waals surface area contributed by atoms with Crippen molar-refractivity contribution in [2.75, 3.05) is 13.1 Å². The lowest BCUT2D eigenvalue weighted by molar-refractivity contribution is -0.130. The SMILES string of the molecule is CCCCNC(=O)CCN(Cc1ccccc1Cl)C(C)=O. The average molecular weight is 311 g/mol. The van der Waals surface area contributed by atoms with Crippen LogP contribution in [-0.2, 0) is 16.1 Å². The maximum atomic E-state index is 11.7. The predicted octanol–water partition coefficient (Wildman–Crippen LogP) is 2.99. The van der Waals surface area contributed by atoms with Gasteiger partial charge in [-0.15, -0.1) is 0 Å². The molecule has 1 rings (SSSR count). The van der Waals surface area contributed by atoms with Gasteiger partial charge in [-0.2, -0.15) is 0 Å². The highest BCUT2D eigenvalue weighted by molar-refractivity contribution is 6.31. The van der Waals surface area contributed by atoms with Crippen LogP contribution in [0.2, 0.25) is 5.02 Å². The van der Waals surface area contributed by atoms with Gasteiger partial charge in [0.1, 0.15) is 0 Å². The number of rotatable bonds is 8. The van der Waals surface area contributed by atoms with Gasteiger partial charge < -0.3 is 10.2 Å². The Morgan fingerprint density at radius 2 is 2.00 bits per heavy atom. The lowest BCUT2D eigenvalue weighted by atomic mass is 10.2. The highest BCUT2D eigenvalue weighted by Gasteiger charge is 2.13. The molecule has 1 N–H and O–H groups in total. The molecular formula is C16H23ClN2O2. The topological polar surface area (TPSA) is 49.4 Å². The van der Waals surface area contributed by atoms with Crippen molar-refractivity contribution in [3.8, 4) is 0 Å². The third kappa shape index (κ3) is 6.63. The molecule has 0 bridgehead atoms. The molecule has 2 amide bonds. The second kappa shape index (κ2) is 9.40. The molecule has 0 aromatic heterocycles. The molecule has 0 aliphatic rings. The first-order valence-corrected chi connectivity index (χ1v) is 7.68. The van der Waals surface area contributed by atoms with Crippen molar-refractivity contribution in [1.82, 2.24) is 10.2 Å². The lowest BCUT2D eigenvalue weighted by Crippen LogP contribution is -2.33. The second-order valence-corrected chi connectivity index (χ2v) is 5.39. The zero-order chi connectivity index (χ0) is 15.7. The molecule has 0 radical (unpaired) electrons. The Labute approximate surface area is 131 Å². The maximum Gasteiger partial charge on any atom is 0.221 e. The van der Waals surface area contributed by atoms with Gasteiger partial charge in [-0.3, -0.25) is 9.59 Å². The van der Waals surface area contributed by atoms with E-state index in [-0.39, 0.29) is 11.8 Å². The summed E-state index contributed by atoms with van der Waals surface area (Å²) in [5, 5.41) is 3.49. The van der Waals surface area contributed by atoms with Crippen molar-refractivity contribution >= 4 is 23.4 Å². The number of unbranched alkanes of at least 4 members (excludes halogenated alkanes) is 1. The number of benzene rings is 1. The van der Waals surface area contributed by atoms with E-state index in [9.17, 15) is 9.59 Å². The Kier molecular flexibility index (Phi) is 7.83. The molecule has 0 saturated heterocycles. The van der Waals surface area contributed by atoms with E-state index in [1.807, 2.05) is 18.2 Å². The van der Waals surface area contributed by atoms with E-state index in [1.165, 1.54) is 6.92 Å². The standard InChI is InChI=1S/C16H23ClN2O2/c1-3-4-10-18-16(21)9-11-19(13(2)20)12-14-7-5-6-8-15(14)17/h5-8H,3-4,9-12H2,1-2H3,(H,18,21). The number of nitrogens with one attached hydrogen (secondary N) is 1. The van der Waals surface area contributed by atoms with Gasteiger partial charge in [0, 0.05) is 38.0 Å². The first-order chi connectivity index (χ1) is 10.0. The molecule has 0 aliphatic carbocycles. The molecule has 116 valence electrons. The van der Waals surface area contributed by atoms with Crippen LogP contribution in [0.1, 0.15) is 38.7 Å². The fourth-order valence-electron chi connectivity index (χ4n) is 1.91. The largest absolute Gasteiger partial charge is 0.356 e. The van der Waals surface area contributed by atoms with Crippen LogP contribution >= 0.6 is 11.6 Å². The van der Waals surface area contributed by atoms with E-state index in [2.05, 4.69) is 12.2 Å². The number of halogens is 1. The molecule has 0 heterocycles. The summed E-state index contributed by atoms with van der Waals surface area (Å²) >= 11 is 6.10. The van der Waals surface area contributed by atoms with Crippen molar-refractivity contribution in [3.05, 3.63) is 34.9 Å². The average Bonchev–Trinajstić information content (AvgIpc) is 2.45. The second-order valence-electron chi connectivity index (χ2n) is 4.99. The Hall–Kier alpha value is -1.55. The summed E-state index contributed by atoms with van der Waals surface area (Å²) in [6, 6.07) is 7.42. The van der Waals surface area contributed by atoms with Gasteiger partial charge in [-0.25, -0.2) is 0 Å². The van der Waals surface area contributed by atoms with Crippen LogP contribution in [0, 0.1) is 0 Å². The number of hydrogen-bond acceptors (Lipinski definition) is 2. The molecule has 0 saturated carbocycles. The molecule has 0 atom stereocenters. The van der Waals surface area contributed by atoms with Crippen molar-refractivity contribution in [1.29, 1.82) is 0 Å². The lowest BCUT2D eigenvalue weighted by Gasteiger charge is -2.21. The minimum atomic E-state index is -0.0590. The summed E-state index contributed by atoms with van der Waals surface area (Å²) in [6.45, 7) is 5.11. The van der Waals surface area contributed by atoms with Gasteiger partial charge in [0.25, 0.3) is 0 Å². The fraction of sp³-hybridized carbons (Fsp3) is 0.500. The fourth-order valence-corrected chi connectivity index (χ4v) is 2.11. The summed E-state index contributed by atoms with van der Waals surface area (Å²) in [5.74, 6) is -0.0786. The molecule has 1 aromatic rings. The molecule has 4 nitrogen and oxygen atoms in total. The molecule has 5 heteroatoms. The van der Waals surface area contributed by atoms with E-state index in [0.29, 0.717) is 31.1 Å². The predicted molar refractivity (Wildman–Crippen MR) is 85.1 cm³/mol. The Bertz CT molecular complexity index is 477. The van der Waals surface area contributed by atoms with Gasteiger partial charge in [0.15, 0.2) is 0 Å². The number of carbonyl (C=O) groups is 2. The highest BCUT2D eigenvalue weighted by Crippen LogP contribution is 2.17. The Morgan fingerprint density at radius 1 is 1.29 bits per heavy atom. The zero-order valence-corrected chi connectivity index (χ0v) is 13.4. The molecule has 0 fully saturated rings. The molecule has 0 unspecified atom stereocenters. The Morgan fingerprint density at radius 3 is 2.62 bits per heavy atom. The zero-order valence-electron chi connectivity index (χ0n) is 12.7. The first-order valence-electron chi connectivity index (χ1n) is 7.30. The van der Waals surface area contributed by atoms with Crippen molar-refractivity contribution in [3.63, 3.8) is 0 Å². The van der Waals surface area contributed by atoms with E-state index < -0.39 is 0 Å². The van der Waals surface area contributed by atoms with E-state index >= 15 is 0 Å². The minimum Gasteiger partial charge on any atom is -0.356 e. The van der Waals surface area contributed by atoms with Crippen molar-refractivity contribution in [2.45, 2.75) is 39.7 Å². The smallest absolute Gasteiger partial charge is 0.221 e. The number of carbonyl (C=O) groups excluding carboxylic acids is 2. The number of amides is 2. The molecule has 0 spiro atoms. The van der Waals surface area contributed by atoms with Crippen molar-refractivity contribution in [2.24, 2.45) is 0 Å². The van der Waals surface area contributed by atoms with Crippen LogP contribution in [0.15, 0.2) is 24.3 Å². The van der Waals surface area contributed by atoms with Gasteiger partial charge in [0.05, 0.1) is 0 Å². The third-order valence-electron chi connectivity index (χ3n) is 3.23. The highest BCUT2D eigenvalue weighted by atomic mass is 35.5. The first kappa shape index (κ1) is 17.5.